The van der Waals surface area contributed by atoms with E-state index in [-0.39, 0.29) is 6.10 Å². The molecule has 0 spiro atoms. The fourth-order valence-electron chi connectivity index (χ4n) is 3.74. The molecule has 1 fully saturated rings. The topological polar surface area (TPSA) is 47.6 Å². The summed E-state index contributed by atoms with van der Waals surface area (Å²) in [6.45, 7) is 6.61. The van der Waals surface area contributed by atoms with E-state index in [4.69, 9.17) is 9.47 Å². The number of nitrogens with one attached hydrogen (secondary N) is 2. The lowest BCUT2D eigenvalue weighted by Crippen LogP contribution is -3.27. The minimum Gasteiger partial charge on any atom is -0.454 e. The SMILES string of the molecule is O[C@@H](C[NH+]1CC[NH+](Cc2ccc3c(c2)OCO3)CC1)c1ccccc1. The van der Waals surface area contributed by atoms with Crippen LogP contribution < -0.4 is 19.3 Å². The molecular formula is C20H26N2O3+2. The Morgan fingerprint density at radius 1 is 0.880 bits per heavy atom. The zero-order valence-corrected chi connectivity index (χ0v) is 14.4. The van der Waals surface area contributed by atoms with Gasteiger partial charge < -0.3 is 24.4 Å². The molecule has 2 aromatic carbocycles. The van der Waals surface area contributed by atoms with Crippen LogP contribution in [0.3, 0.4) is 0 Å². The molecule has 5 nitrogen and oxygen atoms in total. The second kappa shape index (κ2) is 7.44. The first-order valence-corrected chi connectivity index (χ1v) is 9.06. The summed E-state index contributed by atoms with van der Waals surface area (Å²) in [6.07, 6.45) is -0.369. The number of quaternary nitrogens is 2. The molecule has 5 heteroatoms. The van der Waals surface area contributed by atoms with E-state index < -0.39 is 0 Å². The van der Waals surface area contributed by atoms with Crippen molar-refractivity contribution in [3.63, 3.8) is 0 Å². The maximum atomic E-state index is 10.4. The largest absolute Gasteiger partial charge is 0.454 e. The molecule has 3 N–H and O–H groups in total. The Bertz CT molecular complexity index is 699. The van der Waals surface area contributed by atoms with Crippen molar-refractivity contribution in [2.75, 3.05) is 39.5 Å². The van der Waals surface area contributed by atoms with Crippen LogP contribution in [0.25, 0.3) is 0 Å². The molecule has 0 amide bonds. The van der Waals surface area contributed by atoms with Gasteiger partial charge in [0.05, 0.1) is 0 Å². The van der Waals surface area contributed by atoms with Crippen LogP contribution >= 0.6 is 0 Å². The maximum Gasteiger partial charge on any atom is 0.231 e. The molecule has 0 bridgehead atoms. The molecule has 1 atom stereocenters. The first-order valence-electron chi connectivity index (χ1n) is 9.06. The average Bonchev–Trinajstić information content (AvgIpc) is 3.12. The van der Waals surface area contributed by atoms with Crippen molar-refractivity contribution in [3.05, 3.63) is 59.7 Å². The van der Waals surface area contributed by atoms with E-state index in [0.29, 0.717) is 6.79 Å². The molecule has 25 heavy (non-hydrogen) atoms. The highest BCUT2D eigenvalue weighted by atomic mass is 16.7. The summed E-state index contributed by atoms with van der Waals surface area (Å²) < 4.78 is 10.8. The van der Waals surface area contributed by atoms with Crippen LogP contribution in [-0.2, 0) is 6.54 Å². The lowest BCUT2D eigenvalue weighted by molar-refractivity contribution is -1.02. The second-order valence-electron chi connectivity index (χ2n) is 6.99. The number of rotatable bonds is 5. The van der Waals surface area contributed by atoms with Crippen LogP contribution in [0, 0.1) is 0 Å². The van der Waals surface area contributed by atoms with Gasteiger partial charge in [0.1, 0.15) is 45.4 Å². The Morgan fingerprint density at radius 2 is 1.60 bits per heavy atom. The summed E-state index contributed by atoms with van der Waals surface area (Å²) in [5, 5.41) is 10.4. The minimum atomic E-state index is -0.369. The fraction of sp³-hybridized carbons (Fsp3) is 0.400. The number of piperazine rings is 1. The molecule has 0 unspecified atom stereocenters. The third-order valence-corrected chi connectivity index (χ3v) is 5.22. The summed E-state index contributed by atoms with van der Waals surface area (Å²) in [4.78, 5) is 3.09. The molecule has 4 rings (SSSR count). The van der Waals surface area contributed by atoms with Gasteiger partial charge in [0.15, 0.2) is 11.5 Å². The Labute approximate surface area is 148 Å². The zero-order chi connectivity index (χ0) is 17.1. The number of hydrogen-bond acceptors (Lipinski definition) is 3. The van der Waals surface area contributed by atoms with Crippen LogP contribution in [0.15, 0.2) is 48.5 Å². The molecule has 0 aromatic heterocycles. The maximum absolute atomic E-state index is 10.4. The van der Waals surface area contributed by atoms with Gasteiger partial charge in [-0.2, -0.15) is 0 Å². The Balaban J connectivity index is 1.27. The molecule has 2 heterocycles. The van der Waals surface area contributed by atoms with Gasteiger partial charge in [-0.15, -0.1) is 0 Å². The monoisotopic (exact) mass is 342 g/mol. The third-order valence-electron chi connectivity index (χ3n) is 5.22. The lowest BCUT2D eigenvalue weighted by atomic mass is 10.1. The summed E-state index contributed by atoms with van der Waals surface area (Å²) in [7, 11) is 0. The molecule has 0 saturated carbocycles. The van der Waals surface area contributed by atoms with Crippen molar-refractivity contribution < 1.29 is 24.4 Å². The van der Waals surface area contributed by atoms with Gasteiger partial charge in [-0.25, -0.2) is 0 Å². The molecule has 2 aliphatic rings. The Hall–Kier alpha value is -2.08. The first kappa shape index (κ1) is 16.4. The molecule has 0 radical (unpaired) electrons. The van der Waals surface area contributed by atoms with Crippen molar-refractivity contribution in [1.82, 2.24) is 0 Å². The summed E-state index contributed by atoms with van der Waals surface area (Å²) in [5.74, 6) is 1.72. The quantitative estimate of drug-likeness (QED) is 0.682. The van der Waals surface area contributed by atoms with E-state index in [2.05, 4.69) is 12.1 Å². The minimum absolute atomic E-state index is 0.331. The highest BCUT2D eigenvalue weighted by Crippen LogP contribution is 2.32. The third kappa shape index (κ3) is 3.95. The standard InChI is InChI=1S/C20H24N2O3/c23-18(17-4-2-1-3-5-17)14-22-10-8-21(9-11-22)13-16-6-7-19-20(12-16)25-15-24-19/h1-7,12,18,23H,8-11,13-15H2/p+2/t18-/m0/s1. The molecular weight excluding hydrogens is 316 g/mol. The van der Waals surface area contributed by atoms with Crippen LogP contribution in [0.1, 0.15) is 17.2 Å². The van der Waals surface area contributed by atoms with Gasteiger partial charge in [0, 0.05) is 5.56 Å². The summed E-state index contributed by atoms with van der Waals surface area (Å²) in [6, 6.07) is 16.2. The van der Waals surface area contributed by atoms with E-state index >= 15 is 0 Å². The molecule has 2 aliphatic heterocycles. The van der Waals surface area contributed by atoms with E-state index in [1.54, 1.807) is 4.90 Å². The zero-order valence-electron chi connectivity index (χ0n) is 14.4. The number of hydrogen-bond donors (Lipinski definition) is 3. The van der Waals surface area contributed by atoms with Gasteiger partial charge in [-0.05, 0) is 23.8 Å². The van der Waals surface area contributed by atoms with Gasteiger partial charge in [-0.1, -0.05) is 30.3 Å². The number of aliphatic hydroxyl groups excluding tert-OH is 1. The number of aliphatic hydroxyl groups is 1. The molecule has 2 aromatic rings. The fourth-order valence-corrected chi connectivity index (χ4v) is 3.74. The van der Waals surface area contributed by atoms with Gasteiger partial charge in [-0.3, -0.25) is 0 Å². The van der Waals surface area contributed by atoms with E-state index in [1.807, 2.05) is 36.4 Å². The van der Waals surface area contributed by atoms with Gasteiger partial charge >= 0.3 is 0 Å². The van der Waals surface area contributed by atoms with Gasteiger partial charge in [0.25, 0.3) is 0 Å². The second-order valence-corrected chi connectivity index (χ2v) is 6.99. The molecule has 1 saturated heterocycles. The van der Waals surface area contributed by atoms with Crippen LogP contribution in [-0.4, -0.2) is 44.6 Å². The van der Waals surface area contributed by atoms with Gasteiger partial charge in [0.2, 0.25) is 6.79 Å². The normalized spacial score (nSPS) is 23.4. The molecule has 132 valence electrons. The van der Waals surface area contributed by atoms with Crippen molar-refractivity contribution in [2.45, 2.75) is 12.6 Å². The van der Waals surface area contributed by atoms with Crippen molar-refractivity contribution in [3.8, 4) is 11.5 Å². The van der Waals surface area contributed by atoms with Crippen molar-refractivity contribution >= 4 is 0 Å². The first-order chi connectivity index (χ1) is 12.3. The lowest BCUT2D eigenvalue weighted by Gasteiger charge is -2.31. The highest BCUT2D eigenvalue weighted by Gasteiger charge is 2.26. The predicted molar refractivity (Wildman–Crippen MR) is 93.9 cm³/mol. The number of benzene rings is 2. The smallest absolute Gasteiger partial charge is 0.231 e. The van der Waals surface area contributed by atoms with Crippen LogP contribution in [0.4, 0.5) is 0 Å². The Kier molecular flexibility index (Phi) is 4.88. The highest BCUT2D eigenvalue weighted by molar-refractivity contribution is 5.44. The van der Waals surface area contributed by atoms with Crippen molar-refractivity contribution in [1.29, 1.82) is 0 Å². The van der Waals surface area contributed by atoms with E-state index in [1.165, 1.54) is 10.5 Å². The Morgan fingerprint density at radius 3 is 2.40 bits per heavy atom. The van der Waals surface area contributed by atoms with Crippen molar-refractivity contribution in [2.24, 2.45) is 0 Å². The summed E-state index contributed by atoms with van der Waals surface area (Å²) in [5.41, 5.74) is 2.32. The van der Waals surface area contributed by atoms with E-state index in [0.717, 1.165) is 56.3 Å². The summed E-state index contributed by atoms with van der Waals surface area (Å²) >= 11 is 0. The predicted octanol–water partition coefficient (Wildman–Crippen LogP) is -0.568. The van der Waals surface area contributed by atoms with Crippen LogP contribution in [0.2, 0.25) is 0 Å². The number of fused-ring (bicyclic) bond motifs is 1. The molecule has 0 aliphatic carbocycles. The number of ether oxygens (including phenoxy) is 2. The average molecular weight is 342 g/mol. The van der Waals surface area contributed by atoms with Crippen LogP contribution in [0.5, 0.6) is 11.5 Å². The van der Waals surface area contributed by atoms with E-state index in [9.17, 15) is 5.11 Å².